The number of carbonyl (C=O) groups excluding carboxylic acids is 3. The van der Waals surface area contributed by atoms with Gasteiger partial charge in [-0.05, 0) is 46.0 Å². The van der Waals surface area contributed by atoms with Crippen LogP contribution in [0.25, 0.3) is 0 Å². The molecular formula is C18H33N3O4. The van der Waals surface area contributed by atoms with Gasteiger partial charge in [0.05, 0.1) is 0 Å². The van der Waals surface area contributed by atoms with Gasteiger partial charge in [0.2, 0.25) is 11.8 Å². The van der Waals surface area contributed by atoms with E-state index in [9.17, 15) is 14.4 Å². The minimum Gasteiger partial charge on any atom is -0.444 e. The molecule has 0 saturated carbocycles. The van der Waals surface area contributed by atoms with Crippen molar-refractivity contribution in [3.05, 3.63) is 0 Å². The van der Waals surface area contributed by atoms with E-state index in [0.29, 0.717) is 6.42 Å². The molecule has 1 fully saturated rings. The van der Waals surface area contributed by atoms with Gasteiger partial charge in [-0.15, -0.1) is 0 Å². The maximum atomic E-state index is 13.0. The van der Waals surface area contributed by atoms with Crippen molar-refractivity contribution in [1.29, 1.82) is 0 Å². The summed E-state index contributed by atoms with van der Waals surface area (Å²) in [5.74, 6) is -0.443. The summed E-state index contributed by atoms with van der Waals surface area (Å²) >= 11 is 0. The first-order valence-electron chi connectivity index (χ1n) is 8.81. The number of hydrogen-bond acceptors (Lipinski definition) is 4. The van der Waals surface area contributed by atoms with Gasteiger partial charge in [-0.1, -0.05) is 20.8 Å². The molecule has 1 saturated heterocycles. The van der Waals surface area contributed by atoms with Crippen molar-refractivity contribution in [2.75, 3.05) is 7.05 Å². The van der Waals surface area contributed by atoms with Gasteiger partial charge in [0.1, 0.15) is 17.7 Å². The van der Waals surface area contributed by atoms with E-state index in [0.717, 1.165) is 6.42 Å². The maximum Gasteiger partial charge on any atom is 0.408 e. The molecule has 1 aliphatic heterocycles. The summed E-state index contributed by atoms with van der Waals surface area (Å²) in [6.07, 6.45) is 0.732. The summed E-state index contributed by atoms with van der Waals surface area (Å²) in [5, 5.41) is 5.21. The quantitative estimate of drug-likeness (QED) is 0.811. The number of alkyl carbamates (subject to hydrolysis) is 1. The van der Waals surface area contributed by atoms with Gasteiger partial charge in [0.25, 0.3) is 0 Å². The van der Waals surface area contributed by atoms with Crippen LogP contribution >= 0.6 is 0 Å². The number of carbonyl (C=O) groups is 3. The van der Waals surface area contributed by atoms with Crippen LogP contribution in [-0.4, -0.2) is 53.6 Å². The lowest BCUT2D eigenvalue weighted by Crippen LogP contribution is -2.57. The minimum atomic E-state index is -0.773. The predicted octanol–water partition coefficient (Wildman–Crippen LogP) is 2.05. The Kier molecular flexibility index (Phi) is 6.48. The Bertz CT molecular complexity index is 519. The highest BCUT2D eigenvalue weighted by atomic mass is 16.6. The Balaban J connectivity index is 2.95. The molecule has 1 aliphatic rings. The van der Waals surface area contributed by atoms with Gasteiger partial charge < -0.3 is 20.3 Å². The molecule has 144 valence electrons. The fraction of sp³-hybridized carbons (Fsp3) is 0.833. The normalized spacial score (nSPS) is 22.3. The Morgan fingerprint density at radius 1 is 1.08 bits per heavy atom. The van der Waals surface area contributed by atoms with Crippen LogP contribution in [0.15, 0.2) is 0 Å². The van der Waals surface area contributed by atoms with Crippen LogP contribution < -0.4 is 10.6 Å². The maximum absolute atomic E-state index is 13.0. The second kappa shape index (κ2) is 7.62. The Morgan fingerprint density at radius 2 is 1.64 bits per heavy atom. The standard InChI is InChI=1S/C18H33N3O4/c1-11(20-16(24)25-18(5,6)7)15(23)21-12(14(22)19-8)9-10-13(21)17(2,3)4/h11-13H,9-10H2,1-8H3,(H,19,22)(H,20,24)/t11-,12-,13+/m0/s1. The Labute approximate surface area is 150 Å². The molecule has 0 unspecified atom stereocenters. The lowest BCUT2D eigenvalue weighted by molar-refractivity contribution is -0.143. The van der Waals surface area contributed by atoms with Crippen molar-refractivity contribution in [2.45, 2.75) is 85.0 Å². The highest BCUT2D eigenvalue weighted by molar-refractivity contribution is 5.92. The van der Waals surface area contributed by atoms with Crippen molar-refractivity contribution in [3.8, 4) is 0 Å². The molecule has 1 rings (SSSR count). The molecule has 0 spiro atoms. The Hall–Kier alpha value is -1.79. The van der Waals surface area contributed by atoms with Crippen molar-refractivity contribution >= 4 is 17.9 Å². The third kappa shape index (κ3) is 5.61. The Morgan fingerprint density at radius 3 is 2.08 bits per heavy atom. The molecular weight excluding hydrogens is 322 g/mol. The smallest absolute Gasteiger partial charge is 0.408 e. The van der Waals surface area contributed by atoms with Crippen LogP contribution in [0.4, 0.5) is 4.79 Å². The lowest BCUT2D eigenvalue weighted by atomic mass is 9.85. The predicted molar refractivity (Wildman–Crippen MR) is 96.0 cm³/mol. The van der Waals surface area contributed by atoms with Crippen LogP contribution in [0.5, 0.6) is 0 Å². The average Bonchev–Trinajstić information content (AvgIpc) is 2.87. The molecule has 25 heavy (non-hydrogen) atoms. The van der Waals surface area contributed by atoms with Gasteiger partial charge in [-0.3, -0.25) is 9.59 Å². The number of ether oxygens (including phenoxy) is 1. The molecule has 0 aromatic carbocycles. The molecule has 0 aromatic heterocycles. The van der Waals surface area contributed by atoms with Crippen LogP contribution in [0.1, 0.15) is 61.3 Å². The first kappa shape index (κ1) is 21.3. The summed E-state index contributed by atoms with van der Waals surface area (Å²) < 4.78 is 5.21. The van der Waals surface area contributed by atoms with Crippen LogP contribution in [0.2, 0.25) is 0 Å². The zero-order chi connectivity index (χ0) is 19.6. The molecule has 0 bridgehead atoms. The SMILES string of the molecule is CNC(=O)[C@@H]1CC[C@H](C(C)(C)C)N1C(=O)[C@H](C)NC(=O)OC(C)(C)C. The number of nitrogens with one attached hydrogen (secondary N) is 2. The van der Waals surface area contributed by atoms with Gasteiger partial charge in [0.15, 0.2) is 0 Å². The highest BCUT2D eigenvalue weighted by Gasteiger charge is 2.46. The van der Waals surface area contributed by atoms with Crippen molar-refractivity contribution in [2.24, 2.45) is 5.41 Å². The highest BCUT2D eigenvalue weighted by Crippen LogP contribution is 2.36. The largest absolute Gasteiger partial charge is 0.444 e. The summed E-state index contributed by atoms with van der Waals surface area (Å²) in [7, 11) is 1.57. The molecule has 7 nitrogen and oxygen atoms in total. The molecule has 1 heterocycles. The number of amides is 3. The average molecular weight is 355 g/mol. The minimum absolute atomic E-state index is 0.0646. The number of nitrogens with zero attached hydrogens (tertiary/aromatic N) is 1. The summed E-state index contributed by atoms with van der Waals surface area (Å²) in [6, 6.07) is -1.35. The third-order valence-electron chi connectivity index (χ3n) is 4.29. The second-order valence-electron chi connectivity index (χ2n) is 8.70. The van der Waals surface area contributed by atoms with Gasteiger partial charge in [-0.2, -0.15) is 0 Å². The number of rotatable bonds is 3. The molecule has 0 aliphatic carbocycles. The molecule has 3 amide bonds. The van der Waals surface area contributed by atoms with Gasteiger partial charge >= 0.3 is 6.09 Å². The van der Waals surface area contributed by atoms with E-state index in [4.69, 9.17) is 4.74 Å². The zero-order valence-electron chi connectivity index (χ0n) is 16.7. The van der Waals surface area contributed by atoms with Gasteiger partial charge in [-0.25, -0.2) is 4.79 Å². The van der Waals surface area contributed by atoms with E-state index < -0.39 is 23.8 Å². The molecule has 0 radical (unpaired) electrons. The fourth-order valence-electron chi connectivity index (χ4n) is 3.16. The van der Waals surface area contributed by atoms with Crippen molar-refractivity contribution < 1.29 is 19.1 Å². The molecule has 3 atom stereocenters. The number of likely N-dealkylation sites (tertiary alicyclic amines) is 1. The summed E-state index contributed by atoms with van der Waals surface area (Å²) in [4.78, 5) is 38.8. The number of hydrogen-bond donors (Lipinski definition) is 2. The van der Waals surface area contributed by atoms with E-state index in [-0.39, 0.29) is 23.3 Å². The third-order valence-corrected chi connectivity index (χ3v) is 4.29. The number of likely N-dealkylation sites (N-methyl/N-ethyl adjacent to an activating group) is 1. The topological polar surface area (TPSA) is 87.7 Å². The fourth-order valence-corrected chi connectivity index (χ4v) is 3.16. The van der Waals surface area contributed by atoms with E-state index in [1.54, 1.807) is 39.6 Å². The van der Waals surface area contributed by atoms with E-state index in [2.05, 4.69) is 31.4 Å². The van der Waals surface area contributed by atoms with E-state index in [1.165, 1.54) is 0 Å². The molecule has 0 aromatic rings. The first-order valence-corrected chi connectivity index (χ1v) is 8.81. The van der Waals surface area contributed by atoms with E-state index >= 15 is 0 Å². The zero-order valence-corrected chi connectivity index (χ0v) is 16.7. The first-order chi connectivity index (χ1) is 11.3. The monoisotopic (exact) mass is 355 g/mol. The van der Waals surface area contributed by atoms with Gasteiger partial charge in [0, 0.05) is 13.1 Å². The van der Waals surface area contributed by atoms with Crippen molar-refractivity contribution in [1.82, 2.24) is 15.5 Å². The van der Waals surface area contributed by atoms with Crippen LogP contribution in [-0.2, 0) is 14.3 Å². The van der Waals surface area contributed by atoms with Crippen molar-refractivity contribution in [3.63, 3.8) is 0 Å². The van der Waals surface area contributed by atoms with E-state index in [1.807, 2.05) is 0 Å². The van der Waals surface area contributed by atoms with Crippen LogP contribution in [0, 0.1) is 5.41 Å². The summed E-state index contributed by atoms with van der Waals surface area (Å²) in [5.41, 5.74) is -0.802. The summed E-state index contributed by atoms with van der Waals surface area (Å²) in [6.45, 7) is 13.1. The molecule has 2 N–H and O–H groups in total. The molecule has 7 heteroatoms. The lowest BCUT2D eigenvalue weighted by Gasteiger charge is -2.38. The van der Waals surface area contributed by atoms with Crippen LogP contribution in [0.3, 0.4) is 0 Å². The second-order valence-corrected chi connectivity index (χ2v) is 8.70.